The minimum absolute atomic E-state index is 0.424. The van der Waals surface area contributed by atoms with Gasteiger partial charge in [-0.15, -0.1) is 15.3 Å². The molecular formula is C18H22N8. The lowest BCUT2D eigenvalue weighted by Crippen LogP contribution is -2.30. The first-order valence-corrected chi connectivity index (χ1v) is 9.16. The summed E-state index contributed by atoms with van der Waals surface area (Å²) in [6, 6.07) is 6.16. The van der Waals surface area contributed by atoms with E-state index in [4.69, 9.17) is 0 Å². The van der Waals surface area contributed by atoms with Crippen molar-refractivity contribution in [3.8, 4) is 0 Å². The maximum atomic E-state index is 4.64. The molecule has 2 aliphatic heterocycles. The summed E-state index contributed by atoms with van der Waals surface area (Å²) in [6.07, 6.45) is 3.35. The van der Waals surface area contributed by atoms with Crippen molar-refractivity contribution >= 4 is 17.3 Å². The summed E-state index contributed by atoms with van der Waals surface area (Å²) in [5.74, 6) is 3.78. The Kier molecular flexibility index (Phi) is 3.51. The summed E-state index contributed by atoms with van der Waals surface area (Å²) < 4.78 is 1.74. The van der Waals surface area contributed by atoms with E-state index in [-0.39, 0.29) is 0 Å². The first-order chi connectivity index (χ1) is 12.7. The molecule has 3 aromatic heterocycles. The number of nitrogens with zero attached hydrogens (tertiary/aromatic N) is 8. The number of hydrogen-bond acceptors (Lipinski definition) is 7. The Hall–Kier alpha value is -2.77. The Bertz CT molecular complexity index is 922. The quantitative estimate of drug-likeness (QED) is 0.710. The van der Waals surface area contributed by atoms with Crippen LogP contribution in [0.2, 0.25) is 0 Å². The molecule has 2 saturated heterocycles. The third-order valence-corrected chi connectivity index (χ3v) is 5.55. The third kappa shape index (κ3) is 2.56. The van der Waals surface area contributed by atoms with Crippen molar-refractivity contribution in [3.05, 3.63) is 36.5 Å². The zero-order valence-corrected chi connectivity index (χ0v) is 15.0. The average Bonchev–Trinajstić information content (AvgIpc) is 3.35. The SMILES string of the molecule is CC(C)c1cc(N2CC3CN(c4ccc5nncn5n4)CC3C2)ncn1. The molecular weight excluding hydrogens is 328 g/mol. The number of rotatable bonds is 3. The molecule has 0 aliphatic carbocycles. The topological polar surface area (TPSA) is 75.3 Å². The van der Waals surface area contributed by atoms with E-state index in [1.807, 2.05) is 12.1 Å². The van der Waals surface area contributed by atoms with Gasteiger partial charge in [0.05, 0.1) is 0 Å². The van der Waals surface area contributed by atoms with Crippen LogP contribution >= 0.6 is 0 Å². The molecule has 8 nitrogen and oxygen atoms in total. The molecule has 26 heavy (non-hydrogen) atoms. The van der Waals surface area contributed by atoms with Crippen LogP contribution < -0.4 is 9.80 Å². The fourth-order valence-electron chi connectivity index (χ4n) is 4.10. The van der Waals surface area contributed by atoms with Gasteiger partial charge in [-0.3, -0.25) is 0 Å². The summed E-state index contributed by atoms with van der Waals surface area (Å²) in [5, 5.41) is 12.6. The Morgan fingerprint density at radius 1 is 0.962 bits per heavy atom. The maximum absolute atomic E-state index is 4.64. The van der Waals surface area contributed by atoms with E-state index in [1.165, 1.54) is 0 Å². The van der Waals surface area contributed by atoms with Gasteiger partial charge in [-0.1, -0.05) is 13.8 Å². The monoisotopic (exact) mass is 350 g/mol. The Morgan fingerprint density at radius 3 is 2.42 bits per heavy atom. The summed E-state index contributed by atoms with van der Waals surface area (Å²) in [4.78, 5) is 13.7. The fourth-order valence-corrected chi connectivity index (χ4v) is 4.10. The standard InChI is InChI=1S/C18H22N8/c1-12(2)15-5-18(20-10-19-15)25-8-13-6-24(7-14(13)9-25)17-4-3-16-22-21-11-26(16)23-17/h3-5,10-14H,6-9H2,1-2H3. The van der Waals surface area contributed by atoms with Gasteiger partial charge in [0.25, 0.3) is 0 Å². The smallest absolute Gasteiger partial charge is 0.177 e. The lowest BCUT2D eigenvalue weighted by atomic mass is 10.0. The lowest BCUT2D eigenvalue weighted by molar-refractivity contribution is 0.533. The van der Waals surface area contributed by atoms with Crippen LogP contribution in [-0.4, -0.2) is 56.0 Å². The molecule has 0 saturated carbocycles. The van der Waals surface area contributed by atoms with Crippen LogP contribution in [0.1, 0.15) is 25.5 Å². The average molecular weight is 350 g/mol. The minimum Gasteiger partial charge on any atom is -0.356 e. The van der Waals surface area contributed by atoms with Gasteiger partial charge in [-0.05, 0) is 18.1 Å². The fraction of sp³-hybridized carbons (Fsp3) is 0.500. The molecule has 5 rings (SSSR count). The van der Waals surface area contributed by atoms with Gasteiger partial charge in [0.15, 0.2) is 5.65 Å². The second kappa shape index (κ2) is 5.89. The molecule has 0 spiro atoms. The van der Waals surface area contributed by atoms with Crippen LogP contribution in [0.3, 0.4) is 0 Å². The van der Waals surface area contributed by atoms with E-state index in [2.05, 4.69) is 55.0 Å². The van der Waals surface area contributed by atoms with Gasteiger partial charge >= 0.3 is 0 Å². The zero-order valence-electron chi connectivity index (χ0n) is 15.0. The highest BCUT2D eigenvalue weighted by Crippen LogP contribution is 2.35. The molecule has 2 atom stereocenters. The number of aromatic nitrogens is 6. The number of anilines is 2. The number of hydrogen-bond donors (Lipinski definition) is 0. The van der Waals surface area contributed by atoms with E-state index in [0.717, 1.165) is 49.2 Å². The van der Waals surface area contributed by atoms with E-state index in [9.17, 15) is 0 Å². The molecule has 0 radical (unpaired) electrons. The molecule has 0 N–H and O–H groups in total. The van der Waals surface area contributed by atoms with Crippen LogP contribution in [0.5, 0.6) is 0 Å². The van der Waals surface area contributed by atoms with Crippen molar-refractivity contribution in [1.29, 1.82) is 0 Å². The zero-order chi connectivity index (χ0) is 17.7. The van der Waals surface area contributed by atoms with Crippen LogP contribution in [0.25, 0.3) is 5.65 Å². The van der Waals surface area contributed by atoms with Gasteiger partial charge in [0.1, 0.15) is 24.3 Å². The second-order valence-electron chi connectivity index (χ2n) is 7.61. The molecule has 8 heteroatoms. The molecule has 2 unspecified atom stereocenters. The number of fused-ring (bicyclic) bond motifs is 2. The molecule has 0 bridgehead atoms. The Morgan fingerprint density at radius 2 is 1.69 bits per heavy atom. The Balaban J connectivity index is 1.30. The van der Waals surface area contributed by atoms with Crippen molar-refractivity contribution in [2.45, 2.75) is 19.8 Å². The van der Waals surface area contributed by atoms with Crippen molar-refractivity contribution in [2.24, 2.45) is 11.8 Å². The van der Waals surface area contributed by atoms with Crippen LogP contribution in [0, 0.1) is 11.8 Å². The Labute approximate surface area is 151 Å². The lowest BCUT2D eigenvalue weighted by Gasteiger charge is -2.23. The van der Waals surface area contributed by atoms with Crippen molar-refractivity contribution < 1.29 is 0 Å². The van der Waals surface area contributed by atoms with Crippen molar-refractivity contribution in [2.75, 3.05) is 36.0 Å². The predicted octanol–water partition coefficient (Wildman–Crippen LogP) is 1.61. The van der Waals surface area contributed by atoms with Gasteiger partial charge < -0.3 is 9.80 Å². The highest BCUT2D eigenvalue weighted by atomic mass is 15.4. The first-order valence-electron chi connectivity index (χ1n) is 9.16. The van der Waals surface area contributed by atoms with Crippen molar-refractivity contribution in [3.63, 3.8) is 0 Å². The van der Waals surface area contributed by atoms with Gasteiger partial charge in [-0.2, -0.15) is 4.52 Å². The molecule has 2 aliphatic rings. The van der Waals surface area contributed by atoms with Crippen LogP contribution in [0.15, 0.2) is 30.9 Å². The highest BCUT2D eigenvalue weighted by Gasteiger charge is 2.41. The highest BCUT2D eigenvalue weighted by molar-refractivity contribution is 5.48. The summed E-state index contributed by atoms with van der Waals surface area (Å²) in [5.41, 5.74) is 1.89. The van der Waals surface area contributed by atoms with E-state index in [1.54, 1.807) is 17.2 Å². The van der Waals surface area contributed by atoms with Gasteiger partial charge in [0.2, 0.25) is 0 Å². The summed E-state index contributed by atoms with van der Waals surface area (Å²) in [6.45, 7) is 8.49. The molecule has 2 fully saturated rings. The minimum atomic E-state index is 0.424. The second-order valence-corrected chi connectivity index (χ2v) is 7.61. The van der Waals surface area contributed by atoms with Crippen LogP contribution in [0.4, 0.5) is 11.6 Å². The first kappa shape index (κ1) is 15.5. The van der Waals surface area contributed by atoms with Gasteiger partial charge in [0, 0.05) is 49.8 Å². The molecule has 0 aromatic carbocycles. The largest absolute Gasteiger partial charge is 0.356 e. The normalized spacial score (nSPS) is 22.6. The summed E-state index contributed by atoms with van der Waals surface area (Å²) >= 11 is 0. The van der Waals surface area contributed by atoms with Crippen molar-refractivity contribution in [1.82, 2.24) is 29.8 Å². The van der Waals surface area contributed by atoms with E-state index >= 15 is 0 Å². The van der Waals surface area contributed by atoms with E-state index < -0.39 is 0 Å². The molecule has 3 aromatic rings. The maximum Gasteiger partial charge on any atom is 0.177 e. The molecule has 134 valence electrons. The van der Waals surface area contributed by atoms with E-state index in [0.29, 0.717) is 17.8 Å². The molecule has 0 amide bonds. The summed E-state index contributed by atoms with van der Waals surface area (Å²) in [7, 11) is 0. The van der Waals surface area contributed by atoms with Crippen LogP contribution in [-0.2, 0) is 0 Å². The predicted molar refractivity (Wildman–Crippen MR) is 98.3 cm³/mol. The third-order valence-electron chi connectivity index (χ3n) is 5.55. The molecule has 5 heterocycles. The van der Waals surface area contributed by atoms with Gasteiger partial charge in [-0.25, -0.2) is 9.97 Å².